The van der Waals surface area contributed by atoms with E-state index >= 15 is 0 Å². The maximum atomic E-state index is 11.8. The number of carbonyl (C=O) groups excluding carboxylic acids is 1. The molecule has 110 valence electrons. The number of ether oxygens (including phenoxy) is 1. The molecule has 0 radical (unpaired) electrons. The highest BCUT2D eigenvalue weighted by Gasteiger charge is 2.10. The summed E-state index contributed by atoms with van der Waals surface area (Å²) in [5.41, 5.74) is 8.72. The van der Waals surface area contributed by atoms with Crippen LogP contribution in [0, 0.1) is 0 Å². The molecule has 2 rings (SSSR count). The van der Waals surface area contributed by atoms with Gasteiger partial charge in [-0.1, -0.05) is 12.1 Å². The number of nitrogens with one attached hydrogen (secondary N) is 2. The van der Waals surface area contributed by atoms with E-state index in [0.717, 1.165) is 11.3 Å². The third-order valence-electron chi connectivity index (χ3n) is 3.13. The van der Waals surface area contributed by atoms with E-state index in [1.165, 1.54) is 0 Å². The molecular formula is C16H19N3O2. The molecule has 4 N–H and O–H groups in total. The van der Waals surface area contributed by atoms with Crippen molar-refractivity contribution in [3.8, 4) is 5.75 Å². The Hall–Kier alpha value is -2.69. The SMILES string of the molecule is CNC(=O)c1ccc(N)cc1NCc1cccc(OC)c1. The number of nitrogens with two attached hydrogens (primary N) is 1. The summed E-state index contributed by atoms with van der Waals surface area (Å²) in [6.07, 6.45) is 0. The molecule has 0 aromatic heterocycles. The first-order valence-electron chi connectivity index (χ1n) is 6.62. The van der Waals surface area contributed by atoms with Crippen LogP contribution in [0.2, 0.25) is 0 Å². The molecule has 0 saturated carbocycles. The maximum Gasteiger partial charge on any atom is 0.253 e. The van der Waals surface area contributed by atoms with Crippen LogP contribution in [0.4, 0.5) is 11.4 Å². The fourth-order valence-electron chi connectivity index (χ4n) is 2.02. The Labute approximate surface area is 124 Å². The molecule has 1 amide bonds. The van der Waals surface area contributed by atoms with E-state index < -0.39 is 0 Å². The molecule has 0 aliphatic heterocycles. The highest BCUT2D eigenvalue weighted by atomic mass is 16.5. The van der Waals surface area contributed by atoms with Crippen molar-refractivity contribution in [2.24, 2.45) is 0 Å². The monoisotopic (exact) mass is 285 g/mol. The Balaban J connectivity index is 2.18. The summed E-state index contributed by atoms with van der Waals surface area (Å²) in [4.78, 5) is 11.8. The van der Waals surface area contributed by atoms with Gasteiger partial charge in [0.25, 0.3) is 5.91 Å². The van der Waals surface area contributed by atoms with E-state index in [-0.39, 0.29) is 5.91 Å². The van der Waals surface area contributed by atoms with Crippen molar-refractivity contribution < 1.29 is 9.53 Å². The fourth-order valence-corrected chi connectivity index (χ4v) is 2.02. The standard InChI is InChI=1S/C16H19N3O2/c1-18-16(20)14-7-6-12(17)9-15(14)19-10-11-4-3-5-13(8-11)21-2/h3-9,19H,10,17H2,1-2H3,(H,18,20). The largest absolute Gasteiger partial charge is 0.497 e. The van der Waals surface area contributed by atoms with Gasteiger partial charge in [0.15, 0.2) is 0 Å². The molecule has 0 unspecified atom stereocenters. The van der Waals surface area contributed by atoms with Crippen molar-refractivity contribution in [1.29, 1.82) is 0 Å². The summed E-state index contributed by atoms with van der Waals surface area (Å²) in [5, 5.41) is 5.86. The van der Waals surface area contributed by atoms with Gasteiger partial charge in [0.05, 0.1) is 12.7 Å². The highest BCUT2D eigenvalue weighted by molar-refractivity contribution is 6.00. The van der Waals surface area contributed by atoms with Gasteiger partial charge < -0.3 is 21.1 Å². The molecule has 0 fully saturated rings. The Morgan fingerprint density at radius 2 is 2.05 bits per heavy atom. The molecule has 0 atom stereocenters. The zero-order valence-electron chi connectivity index (χ0n) is 12.1. The van der Waals surface area contributed by atoms with Gasteiger partial charge in [0, 0.05) is 25.0 Å². The average Bonchev–Trinajstić information content (AvgIpc) is 2.52. The van der Waals surface area contributed by atoms with Gasteiger partial charge >= 0.3 is 0 Å². The summed E-state index contributed by atoms with van der Waals surface area (Å²) >= 11 is 0. The zero-order valence-corrected chi connectivity index (χ0v) is 12.1. The minimum absolute atomic E-state index is 0.150. The summed E-state index contributed by atoms with van der Waals surface area (Å²) in [6.45, 7) is 0.574. The van der Waals surface area contributed by atoms with Crippen LogP contribution in [0.3, 0.4) is 0 Å². The Morgan fingerprint density at radius 1 is 1.24 bits per heavy atom. The topological polar surface area (TPSA) is 76.4 Å². The quantitative estimate of drug-likeness (QED) is 0.736. The van der Waals surface area contributed by atoms with Gasteiger partial charge in [-0.25, -0.2) is 0 Å². The van der Waals surface area contributed by atoms with E-state index in [9.17, 15) is 4.79 Å². The summed E-state index contributed by atoms with van der Waals surface area (Å²) < 4.78 is 5.19. The lowest BCUT2D eigenvalue weighted by molar-refractivity contribution is 0.0964. The lowest BCUT2D eigenvalue weighted by atomic mass is 10.1. The van der Waals surface area contributed by atoms with Crippen LogP contribution in [0.5, 0.6) is 5.75 Å². The van der Waals surface area contributed by atoms with E-state index in [0.29, 0.717) is 23.5 Å². The second-order valence-corrected chi connectivity index (χ2v) is 4.59. The predicted octanol–water partition coefficient (Wildman–Crippen LogP) is 2.25. The molecule has 21 heavy (non-hydrogen) atoms. The first-order valence-corrected chi connectivity index (χ1v) is 6.62. The van der Waals surface area contributed by atoms with Crippen molar-refractivity contribution in [2.75, 3.05) is 25.2 Å². The number of hydrogen-bond donors (Lipinski definition) is 3. The van der Waals surface area contributed by atoms with Crippen LogP contribution in [-0.4, -0.2) is 20.1 Å². The Kier molecular flexibility index (Phi) is 4.66. The molecular weight excluding hydrogens is 266 g/mol. The normalized spacial score (nSPS) is 10.0. The van der Waals surface area contributed by atoms with Gasteiger partial charge in [0.2, 0.25) is 0 Å². The van der Waals surface area contributed by atoms with Crippen LogP contribution >= 0.6 is 0 Å². The number of amides is 1. The molecule has 0 spiro atoms. The van der Waals surface area contributed by atoms with Crippen molar-refractivity contribution in [3.63, 3.8) is 0 Å². The Morgan fingerprint density at radius 3 is 2.76 bits per heavy atom. The maximum absolute atomic E-state index is 11.8. The second-order valence-electron chi connectivity index (χ2n) is 4.59. The van der Waals surface area contributed by atoms with E-state index in [2.05, 4.69) is 10.6 Å². The van der Waals surface area contributed by atoms with Gasteiger partial charge in [-0.15, -0.1) is 0 Å². The predicted molar refractivity (Wildman–Crippen MR) is 84.6 cm³/mol. The molecule has 5 nitrogen and oxygen atoms in total. The molecule has 0 heterocycles. The number of carbonyl (C=O) groups is 1. The van der Waals surface area contributed by atoms with Crippen molar-refractivity contribution in [1.82, 2.24) is 5.32 Å². The fraction of sp³-hybridized carbons (Fsp3) is 0.188. The molecule has 0 bridgehead atoms. The summed E-state index contributed by atoms with van der Waals surface area (Å²) in [6, 6.07) is 12.9. The van der Waals surface area contributed by atoms with Crippen LogP contribution in [0.1, 0.15) is 15.9 Å². The number of benzene rings is 2. The molecule has 5 heteroatoms. The van der Waals surface area contributed by atoms with Crippen LogP contribution in [0.25, 0.3) is 0 Å². The van der Waals surface area contributed by atoms with Gasteiger partial charge in [0.1, 0.15) is 5.75 Å². The van der Waals surface area contributed by atoms with Crippen LogP contribution in [-0.2, 0) is 6.54 Å². The van der Waals surface area contributed by atoms with Gasteiger partial charge in [-0.3, -0.25) is 4.79 Å². The molecule has 2 aromatic rings. The lowest BCUT2D eigenvalue weighted by Gasteiger charge is -2.12. The molecule has 2 aromatic carbocycles. The number of anilines is 2. The number of nitrogen functional groups attached to an aromatic ring is 1. The number of methoxy groups -OCH3 is 1. The number of rotatable bonds is 5. The zero-order chi connectivity index (χ0) is 15.2. The minimum atomic E-state index is -0.150. The third-order valence-corrected chi connectivity index (χ3v) is 3.13. The summed E-state index contributed by atoms with van der Waals surface area (Å²) in [5.74, 6) is 0.650. The van der Waals surface area contributed by atoms with Gasteiger partial charge in [-0.2, -0.15) is 0 Å². The van der Waals surface area contributed by atoms with E-state index in [4.69, 9.17) is 10.5 Å². The second kappa shape index (κ2) is 6.65. The average molecular weight is 285 g/mol. The Bertz CT molecular complexity index is 641. The molecule has 0 saturated heterocycles. The van der Waals surface area contributed by atoms with Gasteiger partial charge in [-0.05, 0) is 35.9 Å². The molecule has 0 aliphatic carbocycles. The van der Waals surface area contributed by atoms with E-state index in [1.54, 1.807) is 32.4 Å². The summed E-state index contributed by atoms with van der Waals surface area (Å²) in [7, 11) is 3.23. The van der Waals surface area contributed by atoms with Crippen LogP contribution in [0.15, 0.2) is 42.5 Å². The third kappa shape index (κ3) is 3.66. The van der Waals surface area contributed by atoms with Crippen molar-refractivity contribution >= 4 is 17.3 Å². The minimum Gasteiger partial charge on any atom is -0.497 e. The van der Waals surface area contributed by atoms with Crippen LogP contribution < -0.4 is 21.1 Å². The smallest absolute Gasteiger partial charge is 0.253 e. The molecule has 0 aliphatic rings. The number of hydrogen-bond acceptors (Lipinski definition) is 4. The lowest BCUT2D eigenvalue weighted by Crippen LogP contribution is -2.19. The van der Waals surface area contributed by atoms with Crippen molar-refractivity contribution in [2.45, 2.75) is 6.54 Å². The first kappa shape index (κ1) is 14.7. The van der Waals surface area contributed by atoms with E-state index in [1.807, 2.05) is 24.3 Å². The van der Waals surface area contributed by atoms with Crippen molar-refractivity contribution in [3.05, 3.63) is 53.6 Å². The first-order chi connectivity index (χ1) is 10.1. The highest BCUT2D eigenvalue weighted by Crippen LogP contribution is 2.21.